The van der Waals surface area contributed by atoms with Crippen LogP contribution in [0.4, 0.5) is 5.69 Å². The molecule has 0 aromatic heterocycles. The van der Waals surface area contributed by atoms with E-state index in [2.05, 4.69) is 12.2 Å². The van der Waals surface area contributed by atoms with Crippen molar-refractivity contribution in [3.05, 3.63) is 23.8 Å². The van der Waals surface area contributed by atoms with Crippen molar-refractivity contribution in [1.82, 2.24) is 0 Å². The zero-order chi connectivity index (χ0) is 17.6. The van der Waals surface area contributed by atoms with E-state index in [1.54, 1.807) is 0 Å². The van der Waals surface area contributed by atoms with E-state index in [-0.39, 0.29) is 5.91 Å². The quantitative estimate of drug-likeness (QED) is 0.740. The van der Waals surface area contributed by atoms with Gasteiger partial charge in [0.2, 0.25) is 0 Å². The van der Waals surface area contributed by atoms with Crippen LogP contribution in [0.1, 0.15) is 64.9 Å². The van der Waals surface area contributed by atoms with Gasteiger partial charge in [0.05, 0.1) is 6.10 Å². The van der Waals surface area contributed by atoms with Gasteiger partial charge in [-0.2, -0.15) is 0 Å². The summed E-state index contributed by atoms with van der Waals surface area (Å²) in [6.45, 7) is 8.38. The van der Waals surface area contributed by atoms with E-state index in [1.807, 2.05) is 39.0 Å². The van der Waals surface area contributed by atoms with Gasteiger partial charge in [-0.1, -0.05) is 13.3 Å². The molecule has 4 heteroatoms. The highest BCUT2D eigenvalue weighted by Crippen LogP contribution is 2.29. The second kappa shape index (κ2) is 8.52. The van der Waals surface area contributed by atoms with Crippen molar-refractivity contribution in [2.75, 3.05) is 11.9 Å². The first-order chi connectivity index (χ1) is 11.5. The highest BCUT2D eigenvalue weighted by molar-refractivity contribution is 5.97. The molecule has 134 valence electrons. The normalized spacial score (nSPS) is 17.5. The van der Waals surface area contributed by atoms with Gasteiger partial charge in [-0.3, -0.25) is 4.79 Å². The monoisotopic (exact) mass is 333 g/mol. The lowest BCUT2D eigenvalue weighted by Gasteiger charge is -2.28. The molecule has 0 bridgehead atoms. The summed E-state index contributed by atoms with van der Waals surface area (Å²) in [4.78, 5) is 12.6. The Labute approximate surface area is 145 Å². The Morgan fingerprint density at radius 3 is 2.58 bits per heavy atom. The maximum Gasteiger partial charge on any atom is 0.256 e. The van der Waals surface area contributed by atoms with E-state index in [4.69, 9.17) is 9.47 Å². The second-order valence-electron chi connectivity index (χ2n) is 6.87. The number of hydrogen-bond acceptors (Lipinski definition) is 3. The lowest BCUT2D eigenvalue weighted by Crippen LogP contribution is -2.42. The van der Waals surface area contributed by atoms with Gasteiger partial charge >= 0.3 is 0 Å². The Kier molecular flexibility index (Phi) is 6.67. The fourth-order valence-electron chi connectivity index (χ4n) is 3.36. The molecule has 1 amide bonds. The number of anilines is 1. The number of aryl methyl sites for hydroxylation is 1. The summed E-state index contributed by atoms with van der Waals surface area (Å²) in [5.41, 5.74) is 1.06. The number of hydrogen-bond donors (Lipinski definition) is 1. The van der Waals surface area contributed by atoms with E-state index in [0.717, 1.165) is 36.3 Å². The number of carbonyl (C=O) groups is 1. The summed E-state index contributed by atoms with van der Waals surface area (Å²) < 4.78 is 11.8. The number of amides is 1. The molecule has 1 N–H and O–H groups in total. The van der Waals surface area contributed by atoms with Gasteiger partial charge in [0, 0.05) is 12.3 Å². The Morgan fingerprint density at radius 1 is 1.29 bits per heavy atom. The number of carbonyl (C=O) groups excluding carboxylic acids is 1. The zero-order valence-electron chi connectivity index (χ0n) is 15.5. The lowest BCUT2D eigenvalue weighted by molar-refractivity contribution is -0.139. The SMILES string of the molecule is CCC[C@@](C)(OCC)C(=O)Nc1ccc(OC2CCCC2)c(C)c1. The summed E-state index contributed by atoms with van der Waals surface area (Å²) in [7, 11) is 0. The van der Waals surface area contributed by atoms with Crippen LogP contribution in [0.2, 0.25) is 0 Å². The zero-order valence-corrected chi connectivity index (χ0v) is 15.5. The molecule has 0 saturated heterocycles. The van der Waals surface area contributed by atoms with Gasteiger partial charge in [0.25, 0.3) is 5.91 Å². The molecule has 0 spiro atoms. The van der Waals surface area contributed by atoms with Crippen LogP contribution in [0, 0.1) is 6.92 Å². The highest BCUT2D eigenvalue weighted by atomic mass is 16.5. The van der Waals surface area contributed by atoms with Crippen LogP contribution in [0.15, 0.2) is 18.2 Å². The van der Waals surface area contributed by atoms with Gasteiger partial charge in [-0.15, -0.1) is 0 Å². The van der Waals surface area contributed by atoms with Crippen LogP contribution in [0.3, 0.4) is 0 Å². The average Bonchev–Trinajstić information content (AvgIpc) is 3.03. The van der Waals surface area contributed by atoms with Crippen molar-refractivity contribution in [2.24, 2.45) is 0 Å². The maximum atomic E-state index is 12.6. The molecular weight excluding hydrogens is 302 g/mol. The van der Waals surface area contributed by atoms with Crippen LogP contribution >= 0.6 is 0 Å². The number of rotatable bonds is 8. The third kappa shape index (κ3) is 4.73. The first-order valence-corrected chi connectivity index (χ1v) is 9.21. The van der Waals surface area contributed by atoms with Gasteiger partial charge in [0.15, 0.2) is 0 Å². The smallest absolute Gasteiger partial charge is 0.256 e. The van der Waals surface area contributed by atoms with Crippen LogP contribution in [-0.4, -0.2) is 24.2 Å². The molecule has 1 aromatic rings. The third-order valence-corrected chi connectivity index (χ3v) is 4.70. The molecule has 0 aliphatic heterocycles. The van der Waals surface area contributed by atoms with Crippen molar-refractivity contribution >= 4 is 11.6 Å². The van der Waals surface area contributed by atoms with Crippen LogP contribution in [0.25, 0.3) is 0 Å². The second-order valence-corrected chi connectivity index (χ2v) is 6.87. The Hall–Kier alpha value is -1.55. The number of nitrogens with one attached hydrogen (secondary N) is 1. The Morgan fingerprint density at radius 2 is 2.00 bits per heavy atom. The van der Waals surface area contributed by atoms with Crippen LogP contribution < -0.4 is 10.1 Å². The van der Waals surface area contributed by atoms with Crippen molar-refractivity contribution in [1.29, 1.82) is 0 Å². The molecule has 1 aliphatic carbocycles. The standard InChI is InChI=1S/C20H31NO3/c1-5-13-20(4,23-6-2)19(22)21-16-11-12-18(15(3)14-16)24-17-9-7-8-10-17/h11-12,14,17H,5-10,13H2,1-4H3,(H,21,22)/t20-/m1/s1. The molecule has 1 saturated carbocycles. The summed E-state index contributed by atoms with van der Waals surface area (Å²) in [6.07, 6.45) is 6.74. The summed E-state index contributed by atoms with van der Waals surface area (Å²) in [5.74, 6) is 0.830. The molecule has 2 rings (SSSR count). The third-order valence-electron chi connectivity index (χ3n) is 4.70. The van der Waals surface area contributed by atoms with Gasteiger partial charge < -0.3 is 14.8 Å². The molecular formula is C20H31NO3. The van der Waals surface area contributed by atoms with E-state index >= 15 is 0 Å². The van der Waals surface area contributed by atoms with Crippen LogP contribution in [0.5, 0.6) is 5.75 Å². The summed E-state index contributed by atoms with van der Waals surface area (Å²) in [6, 6.07) is 5.84. The Bertz CT molecular complexity index is 544. The van der Waals surface area contributed by atoms with Crippen molar-refractivity contribution in [3.63, 3.8) is 0 Å². The fraction of sp³-hybridized carbons (Fsp3) is 0.650. The maximum absolute atomic E-state index is 12.6. The molecule has 0 radical (unpaired) electrons. The van der Waals surface area contributed by atoms with Gasteiger partial charge in [-0.25, -0.2) is 0 Å². The minimum Gasteiger partial charge on any atom is -0.490 e. The van der Waals surface area contributed by atoms with E-state index in [9.17, 15) is 4.79 Å². The van der Waals surface area contributed by atoms with Crippen LogP contribution in [-0.2, 0) is 9.53 Å². The molecule has 1 aliphatic rings. The van der Waals surface area contributed by atoms with Crippen molar-refractivity contribution in [3.8, 4) is 5.75 Å². The minimum atomic E-state index is -0.781. The molecule has 0 unspecified atom stereocenters. The molecule has 0 heterocycles. The molecule has 24 heavy (non-hydrogen) atoms. The largest absolute Gasteiger partial charge is 0.490 e. The molecule has 1 aromatic carbocycles. The topological polar surface area (TPSA) is 47.6 Å². The molecule has 4 nitrogen and oxygen atoms in total. The predicted octanol–water partition coefficient (Wildman–Crippen LogP) is 4.85. The summed E-state index contributed by atoms with van der Waals surface area (Å²) in [5, 5.41) is 2.99. The van der Waals surface area contributed by atoms with Gasteiger partial charge in [-0.05, 0) is 76.6 Å². The Balaban J connectivity index is 2.03. The van der Waals surface area contributed by atoms with E-state index in [0.29, 0.717) is 19.1 Å². The van der Waals surface area contributed by atoms with E-state index < -0.39 is 5.60 Å². The average molecular weight is 333 g/mol. The summed E-state index contributed by atoms with van der Waals surface area (Å²) >= 11 is 0. The number of benzene rings is 1. The number of ether oxygens (including phenoxy) is 2. The van der Waals surface area contributed by atoms with Crippen molar-refractivity contribution in [2.45, 2.75) is 77.9 Å². The first-order valence-electron chi connectivity index (χ1n) is 9.21. The van der Waals surface area contributed by atoms with Crippen molar-refractivity contribution < 1.29 is 14.3 Å². The lowest BCUT2D eigenvalue weighted by atomic mass is 9.99. The first kappa shape index (κ1) is 18.8. The minimum absolute atomic E-state index is 0.0879. The van der Waals surface area contributed by atoms with E-state index in [1.165, 1.54) is 12.8 Å². The van der Waals surface area contributed by atoms with Gasteiger partial charge in [0.1, 0.15) is 11.4 Å². The molecule has 1 atom stereocenters. The predicted molar refractivity (Wildman–Crippen MR) is 97.6 cm³/mol. The fourth-order valence-corrected chi connectivity index (χ4v) is 3.36. The molecule has 1 fully saturated rings. The highest BCUT2D eigenvalue weighted by Gasteiger charge is 2.33.